The number of carbonyl (C=O) groups is 1. The molecule has 0 bridgehead atoms. The number of carbonyl (C=O) groups excluding carboxylic acids is 1. The summed E-state index contributed by atoms with van der Waals surface area (Å²) in [5.74, 6) is 2.11. The van der Waals surface area contributed by atoms with Gasteiger partial charge in [-0.25, -0.2) is 0 Å². The first-order valence-electron chi connectivity index (χ1n) is 11.8. The predicted molar refractivity (Wildman–Crippen MR) is 141 cm³/mol. The normalized spacial score (nSPS) is 19.3. The second-order valence-electron chi connectivity index (χ2n) is 9.05. The van der Waals surface area contributed by atoms with Gasteiger partial charge in [-0.15, -0.1) is 12.4 Å². The standard InChI is InChI=1S/C28H38N2O2.ClH/c1-6-30(7-2)28(31)24-12-8-10-21(17-24)16-22-14-15-25(20-29(3)4)27(18-22)23-11-9-13-26(19-23)32-5;/h8-13,16-17,19,25,27H,6-7,14-15,18,20H2,1-5H3;1H/b22-16+;. The molecule has 0 N–H and O–H groups in total. The summed E-state index contributed by atoms with van der Waals surface area (Å²) in [6.07, 6.45) is 5.62. The van der Waals surface area contributed by atoms with Crippen molar-refractivity contribution < 1.29 is 9.53 Å². The van der Waals surface area contributed by atoms with Crippen LogP contribution in [0.4, 0.5) is 0 Å². The van der Waals surface area contributed by atoms with Crippen molar-refractivity contribution in [3.8, 4) is 5.75 Å². The van der Waals surface area contributed by atoms with Gasteiger partial charge in [-0.1, -0.05) is 35.9 Å². The Labute approximate surface area is 206 Å². The Morgan fingerprint density at radius 3 is 2.48 bits per heavy atom. The van der Waals surface area contributed by atoms with Crippen molar-refractivity contribution in [2.75, 3.05) is 40.8 Å². The van der Waals surface area contributed by atoms with Crippen LogP contribution in [0.5, 0.6) is 5.75 Å². The van der Waals surface area contributed by atoms with Crippen LogP contribution in [0, 0.1) is 5.92 Å². The summed E-state index contributed by atoms with van der Waals surface area (Å²) in [6, 6.07) is 16.6. The van der Waals surface area contributed by atoms with Crippen LogP contribution < -0.4 is 4.74 Å². The summed E-state index contributed by atoms with van der Waals surface area (Å²) < 4.78 is 5.50. The van der Waals surface area contributed by atoms with Crippen molar-refractivity contribution in [1.82, 2.24) is 9.80 Å². The third-order valence-corrected chi connectivity index (χ3v) is 6.56. The number of hydrogen-bond acceptors (Lipinski definition) is 3. The minimum Gasteiger partial charge on any atom is -0.497 e. The van der Waals surface area contributed by atoms with Gasteiger partial charge in [0.1, 0.15) is 5.75 Å². The number of amides is 1. The van der Waals surface area contributed by atoms with E-state index in [9.17, 15) is 4.79 Å². The molecule has 0 heterocycles. The summed E-state index contributed by atoms with van der Waals surface area (Å²) in [5.41, 5.74) is 4.70. The third-order valence-electron chi connectivity index (χ3n) is 6.56. The Bertz CT molecular complexity index is 937. The third kappa shape index (κ3) is 7.09. The number of allylic oxidation sites excluding steroid dienone is 1. The van der Waals surface area contributed by atoms with E-state index in [1.807, 2.05) is 43.0 Å². The van der Waals surface area contributed by atoms with Gasteiger partial charge < -0.3 is 14.5 Å². The van der Waals surface area contributed by atoms with E-state index in [0.717, 1.165) is 49.4 Å². The molecule has 33 heavy (non-hydrogen) atoms. The second-order valence-corrected chi connectivity index (χ2v) is 9.05. The molecule has 2 unspecified atom stereocenters. The first kappa shape index (κ1) is 26.9. The van der Waals surface area contributed by atoms with Crippen LogP contribution in [0.15, 0.2) is 54.1 Å². The summed E-state index contributed by atoms with van der Waals surface area (Å²) >= 11 is 0. The minimum atomic E-state index is 0. The van der Waals surface area contributed by atoms with E-state index in [-0.39, 0.29) is 18.3 Å². The molecule has 0 aliphatic heterocycles. The monoisotopic (exact) mass is 470 g/mol. The summed E-state index contributed by atoms with van der Waals surface area (Å²) in [6.45, 7) is 6.60. The molecule has 180 valence electrons. The van der Waals surface area contributed by atoms with Gasteiger partial charge in [0.05, 0.1) is 7.11 Å². The van der Waals surface area contributed by atoms with Gasteiger partial charge in [-0.2, -0.15) is 0 Å². The van der Waals surface area contributed by atoms with E-state index in [0.29, 0.717) is 11.8 Å². The molecule has 5 heteroatoms. The first-order chi connectivity index (χ1) is 15.4. The smallest absolute Gasteiger partial charge is 0.253 e. The lowest BCUT2D eigenvalue weighted by atomic mass is 9.73. The molecule has 0 saturated heterocycles. The van der Waals surface area contributed by atoms with E-state index in [4.69, 9.17) is 4.74 Å². The molecule has 1 amide bonds. The van der Waals surface area contributed by atoms with Crippen molar-refractivity contribution >= 4 is 24.4 Å². The number of nitrogens with zero attached hydrogens (tertiary/aromatic N) is 2. The Balaban J connectivity index is 0.00000385. The van der Waals surface area contributed by atoms with Crippen molar-refractivity contribution in [2.24, 2.45) is 5.92 Å². The van der Waals surface area contributed by atoms with E-state index < -0.39 is 0 Å². The Hall–Kier alpha value is -2.30. The fraction of sp³-hybridized carbons (Fsp3) is 0.464. The van der Waals surface area contributed by atoms with E-state index in [1.54, 1.807) is 7.11 Å². The highest BCUT2D eigenvalue weighted by Gasteiger charge is 2.29. The molecule has 2 aromatic carbocycles. The van der Waals surface area contributed by atoms with Crippen LogP contribution in [-0.4, -0.2) is 56.5 Å². The quantitative estimate of drug-likeness (QED) is 0.465. The number of hydrogen-bond donors (Lipinski definition) is 0. The van der Waals surface area contributed by atoms with Crippen molar-refractivity contribution in [1.29, 1.82) is 0 Å². The maximum Gasteiger partial charge on any atom is 0.253 e. The number of ether oxygens (including phenoxy) is 1. The fourth-order valence-corrected chi connectivity index (χ4v) is 4.89. The molecule has 3 rings (SSSR count). The number of halogens is 1. The van der Waals surface area contributed by atoms with Crippen LogP contribution in [0.1, 0.15) is 60.5 Å². The summed E-state index contributed by atoms with van der Waals surface area (Å²) in [7, 11) is 6.05. The molecule has 2 atom stereocenters. The minimum absolute atomic E-state index is 0. The maximum atomic E-state index is 12.8. The maximum absolute atomic E-state index is 12.8. The molecule has 1 saturated carbocycles. The van der Waals surface area contributed by atoms with E-state index in [2.05, 4.69) is 49.3 Å². The summed E-state index contributed by atoms with van der Waals surface area (Å²) in [4.78, 5) is 17.0. The van der Waals surface area contributed by atoms with Crippen LogP contribution in [-0.2, 0) is 0 Å². The SMILES string of the molecule is CCN(CC)C(=O)c1cccc(/C=C2\CCC(CN(C)C)C(c3cccc(OC)c3)C2)c1.Cl. The van der Waals surface area contributed by atoms with Crippen molar-refractivity contribution in [2.45, 2.75) is 39.0 Å². The van der Waals surface area contributed by atoms with Crippen LogP contribution >= 0.6 is 12.4 Å². The van der Waals surface area contributed by atoms with Gasteiger partial charge >= 0.3 is 0 Å². The number of rotatable bonds is 8. The van der Waals surface area contributed by atoms with E-state index in [1.165, 1.54) is 17.6 Å². The van der Waals surface area contributed by atoms with Crippen LogP contribution in [0.2, 0.25) is 0 Å². The highest BCUT2D eigenvalue weighted by molar-refractivity contribution is 5.94. The van der Waals surface area contributed by atoms with Gasteiger partial charge in [0.2, 0.25) is 0 Å². The van der Waals surface area contributed by atoms with Gasteiger partial charge in [-0.05, 0) is 94.4 Å². The average molecular weight is 471 g/mol. The molecule has 2 aromatic rings. The van der Waals surface area contributed by atoms with Crippen LogP contribution in [0.3, 0.4) is 0 Å². The second kappa shape index (κ2) is 12.8. The summed E-state index contributed by atoms with van der Waals surface area (Å²) in [5, 5.41) is 0. The number of methoxy groups -OCH3 is 1. The number of benzene rings is 2. The highest BCUT2D eigenvalue weighted by atomic mass is 35.5. The molecular weight excluding hydrogens is 432 g/mol. The fourth-order valence-electron chi connectivity index (χ4n) is 4.89. The van der Waals surface area contributed by atoms with E-state index >= 15 is 0 Å². The molecule has 1 aliphatic carbocycles. The zero-order valence-corrected chi connectivity index (χ0v) is 21.5. The van der Waals surface area contributed by atoms with Gasteiger partial charge in [0.15, 0.2) is 0 Å². The molecule has 4 nitrogen and oxygen atoms in total. The van der Waals surface area contributed by atoms with Crippen molar-refractivity contribution in [3.63, 3.8) is 0 Å². The van der Waals surface area contributed by atoms with Crippen LogP contribution in [0.25, 0.3) is 6.08 Å². The largest absolute Gasteiger partial charge is 0.497 e. The Morgan fingerprint density at radius 1 is 1.09 bits per heavy atom. The lowest BCUT2D eigenvalue weighted by Crippen LogP contribution is -2.30. The first-order valence-corrected chi connectivity index (χ1v) is 11.8. The molecule has 1 aliphatic rings. The lowest BCUT2D eigenvalue weighted by Gasteiger charge is -2.35. The Kier molecular flexibility index (Phi) is 10.5. The molecule has 0 radical (unpaired) electrons. The average Bonchev–Trinajstić information content (AvgIpc) is 2.80. The molecular formula is C28H39ClN2O2. The van der Waals surface area contributed by atoms with Gasteiger partial charge in [0.25, 0.3) is 5.91 Å². The topological polar surface area (TPSA) is 32.8 Å². The zero-order chi connectivity index (χ0) is 23.1. The van der Waals surface area contributed by atoms with Gasteiger partial charge in [0, 0.05) is 25.2 Å². The lowest BCUT2D eigenvalue weighted by molar-refractivity contribution is 0.0773. The molecule has 1 fully saturated rings. The highest BCUT2D eigenvalue weighted by Crippen LogP contribution is 2.42. The zero-order valence-electron chi connectivity index (χ0n) is 20.7. The molecule has 0 spiro atoms. The molecule has 0 aromatic heterocycles. The van der Waals surface area contributed by atoms with Crippen molar-refractivity contribution in [3.05, 3.63) is 70.8 Å². The van der Waals surface area contributed by atoms with Gasteiger partial charge in [-0.3, -0.25) is 4.79 Å². The predicted octanol–water partition coefficient (Wildman–Crippen LogP) is 6.13. The Morgan fingerprint density at radius 2 is 1.82 bits per heavy atom.